The Kier molecular flexibility index (Phi) is 4.35. The molecule has 0 saturated carbocycles. The number of fused-ring (bicyclic) bond motifs is 1. The molecule has 3 aromatic rings. The second kappa shape index (κ2) is 6.70. The van der Waals surface area contributed by atoms with Gasteiger partial charge < -0.3 is 20.9 Å². The van der Waals surface area contributed by atoms with E-state index in [-0.39, 0.29) is 11.4 Å². The lowest BCUT2D eigenvalue weighted by molar-refractivity contribution is 0.102. The number of hydrogen-bond donors (Lipinski definition) is 3. The fraction of sp³-hybridized carbons (Fsp3) is 0.316. The van der Waals surface area contributed by atoms with Gasteiger partial charge in [0.25, 0.3) is 5.91 Å². The number of rotatable bonds is 3. The van der Waals surface area contributed by atoms with Crippen LogP contribution in [0.25, 0.3) is 11.0 Å². The predicted molar refractivity (Wildman–Crippen MR) is 108 cm³/mol. The molecule has 0 bridgehead atoms. The van der Waals surface area contributed by atoms with Crippen LogP contribution in [0.1, 0.15) is 30.1 Å². The summed E-state index contributed by atoms with van der Waals surface area (Å²) in [6, 6.07) is 3.44. The molecule has 136 valence electrons. The molecule has 8 heteroatoms. The van der Waals surface area contributed by atoms with Crippen LogP contribution in [-0.2, 0) is 0 Å². The standard InChI is InChI=1S/C19H21BN6O/c1-19(21)5-3-7-26(11-19)16-13(20)9-23-17-15(16)14(10-24-17)25-18(27)12-4-2-6-22-8-12/h2,4,6,8-10H,3,5,7,11,21H2,1H3,(H,23,24)(H,25,27). The fourth-order valence-corrected chi connectivity index (χ4v) is 3.68. The minimum Gasteiger partial charge on any atom is -0.369 e. The van der Waals surface area contributed by atoms with Gasteiger partial charge in [0.05, 0.1) is 16.6 Å². The number of pyridine rings is 2. The third kappa shape index (κ3) is 3.40. The van der Waals surface area contributed by atoms with Crippen LogP contribution in [0.4, 0.5) is 11.4 Å². The first-order valence-corrected chi connectivity index (χ1v) is 8.95. The third-order valence-corrected chi connectivity index (χ3v) is 4.92. The predicted octanol–water partition coefficient (Wildman–Crippen LogP) is 1.32. The normalized spacial score (nSPS) is 20.0. The maximum absolute atomic E-state index is 12.6. The number of nitrogens with two attached hydrogens (primary N) is 1. The SMILES string of the molecule is [B]c1cnc2[nH]cc(NC(=O)c3cccnc3)c2c1N1CCCC(C)(N)C1. The first-order chi connectivity index (χ1) is 12.9. The molecule has 0 spiro atoms. The van der Waals surface area contributed by atoms with Crippen molar-refractivity contribution in [3.8, 4) is 0 Å². The number of H-pyrrole nitrogens is 1. The van der Waals surface area contributed by atoms with Gasteiger partial charge in [0.2, 0.25) is 0 Å². The average molecular weight is 360 g/mol. The van der Waals surface area contributed by atoms with E-state index in [0.717, 1.165) is 30.5 Å². The highest BCUT2D eigenvalue weighted by atomic mass is 16.1. The summed E-state index contributed by atoms with van der Waals surface area (Å²) in [5.41, 5.74) is 9.32. The topological polar surface area (TPSA) is 99.9 Å². The zero-order valence-corrected chi connectivity index (χ0v) is 15.2. The van der Waals surface area contributed by atoms with Gasteiger partial charge in [-0.3, -0.25) is 9.78 Å². The van der Waals surface area contributed by atoms with Gasteiger partial charge in [-0.25, -0.2) is 4.98 Å². The van der Waals surface area contributed by atoms with Gasteiger partial charge in [-0.1, -0.05) is 5.46 Å². The van der Waals surface area contributed by atoms with E-state index in [9.17, 15) is 4.79 Å². The van der Waals surface area contributed by atoms with Crippen molar-refractivity contribution in [3.05, 3.63) is 42.5 Å². The lowest BCUT2D eigenvalue weighted by Gasteiger charge is -2.40. The van der Waals surface area contributed by atoms with Gasteiger partial charge in [-0.05, 0) is 31.9 Å². The van der Waals surface area contributed by atoms with Crippen LogP contribution in [0.2, 0.25) is 0 Å². The number of carbonyl (C=O) groups excluding carboxylic acids is 1. The van der Waals surface area contributed by atoms with Crippen LogP contribution in [-0.4, -0.2) is 47.3 Å². The second-order valence-electron chi connectivity index (χ2n) is 7.36. The number of nitrogens with one attached hydrogen (secondary N) is 2. The molecule has 1 unspecified atom stereocenters. The maximum atomic E-state index is 12.6. The Hall–Kier alpha value is -2.87. The minimum absolute atomic E-state index is 0.236. The van der Waals surface area contributed by atoms with Gasteiger partial charge in [-0.15, -0.1) is 0 Å². The van der Waals surface area contributed by atoms with Crippen molar-refractivity contribution in [2.24, 2.45) is 5.73 Å². The first kappa shape index (κ1) is 17.5. The van der Waals surface area contributed by atoms with Crippen molar-refractivity contribution >= 4 is 41.6 Å². The van der Waals surface area contributed by atoms with Gasteiger partial charge in [0.15, 0.2) is 0 Å². The van der Waals surface area contributed by atoms with Crippen molar-refractivity contribution in [1.82, 2.24) is 15.0 Å². The van der Waals surface area contributed by atoms with E-state index in [1.54, 1.807) is 30.7 Å². The third-order valence-electron chi connectivity index (χ3n) is 4.92. The summed E-state index contributed by atoms with van der Waals surface area (Å²) in [6.07, 6.45) is 8.49. The van der Waals surface area contributed by atoms with Crippen molar-refractivity contribution in [2.45, 2.75) is 25.3 Å². The molecule has 1 saturated heterocycles. The molecule has 1 aliphatic rings. The lowest BCUT2D eigenvalue weighted by Crippen LogP contribution is -2.53. The number of amides is 1. The first-order valence-electron chi connectivity index (χ1n) is 8.95. The van der Waals surface area contributed by atoms with Crippen LogP contribution in [0, 0.1) is 0 Å². The van der Waals surface area contributed by atoms with Gasteiger partial charge in [0, 0.05) is 49.1 Å². The molecule has 1 atom stereocenters. The van der Waals surface area contributed by atoms with E-state index in [1.807, 2.05) is 0 Å². The number of hydrogen-bond acceptors (Lipinski definition) is 5. The van der Waals surface area contributed by atoms with Gasteiger partial charge in [0.1, 0.15) is 13.5 Å². The lowest BCUT2D eigenvalue weighted by atomic mass is 9.88. The molecule has 2 radical (unpaired) electrons. The molecule has 4 rings (SSSR count). The molecular formula is C19H21BN6O. The quantitative estimate of drug-likeness (QED) is 0.612. The molecule has 3 aromatic heterocycles. The zero-order valence-electron chi connectivity index (χ0n) is 15.2. The Bertz CT molecular complexity index is 985. The Balaban J connectivity index is 1.75. The Morgan fingerprint density at radius 1 is 1.44 bits per heavy atom. The number of anilines is 2. The molecule has 0 aliphatic carbocycles. The average Bonchev–Trinajstić information content (AvgIpc) is 3.04. The van der Waals surface area contributed by atoms with Crippen LogP contribution in [0.5, 0.6) is 0 Å². The van der Waals surface area contributed by atoms with Crippen molar-refractivity contribution in [3.63, 3.8) is 0 Å². The van der Waals surface area contributed by atoms with E-state index in [0.29, 0.717) is 28.9 Å². The molecule has 0 aromatic carbocycles. The summed E-state index contributed by atoms with van der Waals surface area (Å²) < 4.78 is 0. The number of nitrogens with zero attached hydrogens (tertiary/aromatic N) is 3. The van der Waals surface area contributed by atoms with E-state index in [1.165, 1.54) is 6.20 Å². The summed E-state index contributed by atoms with van der Waals surface area (Å²) in [7, 11) is 6.29. The van der Waals surface area contributed by atoms with Crippen LogP contribution in [0.3, 0.4) is 0 Å². The summed E-state index contributed by atoms with van der Waals surface area (Å²) in [6.45, 7) is 3.60. The molecule has 1 aliphatic heterocycles. The van der Waals surface area contributed by atoms with Crippen molar-refractivity contribution < 1.29 is 4.79 Å². The smallest absolute Gasteiger partial charge is 0.257 e. The number of piperidine rings is 1. The second-order valence-corrected chi connectivity index (χ2v) is 7.36. The Morgan fingerprint density at radius 2 is 2.30 bits per heavy atom. The van der Waals surface area contributed by atoms with E-state index in [2.05, 4.69) is 32.1 Å². The molecular weight excluding hydrogens is 339 g/mol. The number of aromatic amines is 1. The summed E-state index contributed by atoms with van der Waals surface area (Å²) in [5, 5.41) is 3.74. The van der Waals surface area contributed by atoms with Crippen LogP contribution < -0.4 is 21.4 Å². The molecule has 4 N–H and O–H groups in total. The number of carbonyl (C=O) groups is 1. The Labute approximate surface area is 158 Å². The zero-order chi connectivity index (χ0) is 19.0. The van der Waals surface area contributed by atoms with Gasteiger partial charge >= 0.3 is 0 Å². The molecule has 4 heterocycles. The molecule has 7 nitrogen and oxygen atoms in total. The number of aromatic nitrogens is 3. The van der Waals surface area contributed by atoms with E-state index >= 15 is 0 Å². The maximum Gasteiger partial charge on any atom is 0.257 e. The van der Waals surface area contributed by atoms with Crippen LogP contribution in [0.15, 0.2) is 36.9 Å². The monoisotopic (exact) mass is 360 g/mol. The summed E-state index contributed by atoms with van der Waals surface area (Å²) in [4.78, 5) is 26.3. The minimum atomic E-state index is -0.282. The molecule has 27 heavy (non-hydrogen) atoms. The molecule has 1 fully saturated rings. The van der Waals surface area contributed by atoms with Crippen LogP contribution >= 0.6 is 0 Å². The highest BCUT2D eigenvalue weighted by molar-refractivity contribution is 6.38. The molecule has 1 amide bonds. The van der Waals surface area contributed by atoms with E-state index < -0.39 is 0 Å². The fourth-order valence-electron chi connectivity index (χ4n) is 3.68. The van der Waals surface area contributed by atoms with E-state index in [4.69, 9.17) is 13.6 Å². The summed E-state index contributed by atoms with van der Waals surface area (Å²) >= 11 is 0. The van der Waals surface area contributed by atoms with Gasteiger partial charge in [-0.2, -0.15) is 0 Å². The summed E-state index contributed by atoms with van der Waals surface area (Å²) in [5.74, 6) is -0.236. The highest BCUT2D eigenvalue weighted by Crippen LogP contribution is 2.33. The Morgan fingerprint density at radius 3 is 3.04 bits per heavy atom. The van der Waals surface area contributed by atoms with Crippen molar-refractivity contribution in [2.75, 3.05) is 23.3 Å². The van der Waals surface area contributed by atoms with Crippen molar-refractivity contribution in [1.29, 1.82) is 0 Å². The largest absolute Gasteiger partial charge is 0.369 e. The highest BCUT2D eigenvalue weighted by Gasteiger charge is 2.29.